The van der Waals surface area contributed by atoms with E-state index >= 15 is 0 Å². The van der Waals surface area contributed by atoms with Crippen molar-refractivity contribution in [1.29, 1.82) is 0 Å². The van der Waals surface area contributed by atoms with Crippen LogP contribution in [0.15, 0.2) is 169 Å². The number of hydrogen-bond acceptors (Lipinski definition) is 1. The first kappa shape index (κ1) is 27.7. The maximum absolute atomic E-state index is 4.29. The quantitative estimate of drug-likeness (QED) is 0.190. The topological polar surface area (TPSA) is 8.17 Å². The van der Waals surface area contributed by atoms with Crippen molar-refractivity contribution in [2.24, 2.45) is 5.92 Å². The van der Waals surface area contributed by atoms with Gasteiger partial charge in [0.2, 0.25) is 0 Å². The molecule has 1 aromatic heterocycles. The Morgan fingerprint density at radius 3 is 2.06 bits per heavy atom. The molecule has 5 aromatic carbocycles. The lowest BCUT2D eigenvalue weighted by Gasteiger charge is -2.29. The summed E-state index contributed by atoms with van der Waals surface area (Å²) in [5.74, 6) is 0.328. The summed E-state index contributed by atoms with van der Waals surface area (Å²) in [7, 11) is 0. The lowest BCUT2D eigenvalue weighted by molar-refractivity contribution is 0.760. The zero-order valence-corrected chi connectivity index (χ0v) is 26.7. The summed E-state index contributed by atoms with van der Waals surface area (Å²) in [6, 6.07) is 44.4. The Morgan fingerprint density at radius 1 is 0.660 bits per heavy atom. The first-order chi connectivity index (χ1) is 23.1. The fourth-order valence-electron chi connectivity index (χ4n) is 8.02. The first-order valence-electron chi connectivity index (χ1n) is 16.7. The third-order valence-corrected chi connectivity index (χ3v) is 10.1. The molecule has 1 unspecified atom stereocenters. The van der Waals surface area contributed by atoms with Gasteiger partial charge in [0.1, 0.15) is 0 Å². The molecule has 226 valence electrons. The number of allylic oxidation sites excluding steroid dienone is 8. The average molecular weight is 605 g/mol. The molecule has 47 heavy (non-hydrogen) atoms. The number of benzene rings is 5. The van der Waals surface area contributed by atoms with Gasteiger partial charge in [0.25, 0.3) is 0 Å². The third kappa shape index (κ3) is 4.55. The summed E-state index contributed by atoms with van der Waals surface area (Å²) in [5.41, 5.74) is 16.7. The smallest absolute Gasteiger partial charge is 0.0537 e. The Labute approximate surface area is 276 Å². The highest BCUT2D eigenvalue weighted by Gasteiger charge is 2.38. The largest absolute Gasteiger partial charge is 0.317 e. The van der Waals surface area contributed by atoms with Crippen molar-refractivity contribution in [3.8, 4) is 22.3 Å². The second-order valence-corrected chi connectivity index (χ2v) is 13.0. The standard InChI is InChI=1S/C45H36N2/c1-30(2)46-42-19-11-9-17-38(42)40-28-33(21-23-44(40)46)34-22-24-45-41(29-34)39-18-10-12-20-43(39)47(45)37-26-35(31-13-5-3-6-14-31)25-36(27-37)32-15-7-4-8-16-32/h3-11,13-19,21-28,41H,1,12,20,29H2,2H3. The number of nitrogens with zero attached hydrogens (tertiary/aromatic N) is 2. The molecule has 0 bridgehead atoms. The van der Waals surface area contributed by atoms with Gasteiger partial charge in [-0.3, -0.25) is 0 Å². The third-order valence-electron chi connectivity index (χ3n) is 10.1. The molecule has 2 nitrogen and oxygen atoms in total. The predicted octanol–water partition coefficient (Wildman–Crippen LogP) is 12.0. The number of hydrogen-bond donors (Lipinski definition) is 0. The maximum Gasteiger partial charge on any atom is 0.0537 e. The monoisotopic (exact) mass is 604 g/mol. The molecule has 0 saturated heterocycles. The van der Waals surface area contributed by atoms with Crippen molar-refractivity contribution >= 4 is 38.8 Å². The van der Waals surface area contributed by atoms with Crippen LogP contribution in [0.3, 0.4) is 0 Å². The zero-order valence-electron chi connectivity index (χ0n) is 26.7. The van der Waals surface area contributed by atoms with Crippen molar-refractivity contribution < 1.29 is 0 Å². The lowest BCUT2D eigenvalue weighted by Crippen LogP contribution is -2.21. The Morgan fingerprint density at radius 2 is 1.34 bits per heavy atom. The molecule has 9 rings (SSSR count). The molecule has 6 aromatic rings. The molecule has 0 fully saturated rings. The molecule has 3 aliphatic rings. The van der Waals surface area contributed by atoms with Gasteiger partial charge in [-0.25, -0.2) is 0 Å². The molecule has 0 amide bonds. The minimum Gasteiger partial charge on any atom is -0.317 e. The van der Waals surface area contributed by atoms with E-state index in [1.54, 1.807) is 0 Å². The molecule has 1 atom stereocenters. The maximum atomic E-state index is 4.29. The minimum absolute atomic E-state index is 0.328. The summed E-state index contributed by atoms with van der Waals surface area (Å²) in [6.45, 7) is 6.38. The molecule has 2 heteroatoms. The number of para-hydroxylation sites is 1. The van der Waals surface area contributed by atoms with E-state index in [2.05, 4.69) is 169 Å². The van der Waals surface area contributed by atoms with Crippen LogP contribution in [-0.2, 0) is 0 Å². The summed E-state index contributed by atoms with van der Waals surface area (Å²) < 4.78 is 2.29. The number of aromatic nitrogens is 1. The highest BCUT2D eigenvalue weighted by molar-refractivity contribution is 6.10. The lowest BCUT2D eigenvalue weighted by atomic mass is 9.83. The molecule has 2 aliphatic carbocycles. The van der Waals surface area contributed by atoms with E-state index in [1.807, 2.05) is 0 Å². The highest BCUT2D eigenvalue weighted by Crippen LogP contribution is 2.51. The molecule has 1 aliphatic heterocycles. The van der Waals surface area contributed by atoms with Gasteiger partial charge in [0.15, 0.2) is 0 Å². The van der Waals surface area contributed by atoms with Gasteiger partial charge in [-0.05, 0) is 108 Å². The molecule has 2 heterocycles. The van der Waals surface area contributed by atoms with Crippen molar-refractivity contribution in [3.05, 3.63) is 175 Å². The minimum atomic E-state index is 0.328. The Bertz CT molecular complexity index is 2290. The van der Waals surface area contributed by atoms with E-state index in [9.17, 15) is 0 Å². The summed E-state index contributed by atoms with van der Waals surface area (Å²) in [5, 5.41) is 2.56. The van der Waals surface area contributed by atoms with E-state index in [-0.39, 0.29) is 0 Å². The van der Waals surface area contributed by atoms with Crippen LogP contribution >= 0.6 is 0 Å². The van der Waals surface area contributed by atoms with Gasteiger partial charge in [0, 0.05) is 39.5 Å². The Balaban J connectivity index is 1.18. The molecular formula is C45H36N2. The van der Waals surface area contributed by atoms with Gasteiger partial charge < -0.3 is 9.47 Å². The van der Waals surface area contributed by atoms with Crippen LogP contribution in [0.5, 0.6) is 0 Å². The molecule has 0 N–H and O–H groups in total. The predicted molar refractivity (Wildman–Crippen MR) is 200 cm³/mol. The van der Waals surface area contributed by atoms with Crippen molar-refractivity contribution in [2.75, 3.05) is 4.90 Å². The zero-order chi connectivity index (χ0) is 31.5. The fraction of sp³-hybridized carbons (Fsp3) is 0.111. The van der Waals surface area contributed by atoms with Crippen LogP contribution in [-0.4, -0.2) is 4.57 Å². The highest BCUT2D eigenvalue weighted by atomic mass is 15.2. The second-order valence-electron chi connectivity index (χ2n) is 13.0. The van der Waals surface area contributed by atoms with Crippen molar-refractivity contribution in [1.82, 2.24) is 4.57 Å². The van der Waals surface area contributed by atoms with Gasteiger partial charge in [-0.2, -0.15) is 0 Å². The van der Waals surface area contributed by atoms with Crippen LogP contribution in [0, 0.1) is 5.92 Å². The average Bonchev–Trinajstić information content (AvgIpc) is 3.64. The van der Waals surface area contributed by atoms with E-state index < -0.39 is 0 Å². The van der Waals surface area contributed by atoms with Crippen molar-refractivity contribution in [2.45, 2.75) is 26.2 Å². The fourth-order valence-corrected chi connectivity index (χ4v) is 8.02. The molecule has 0 radical (unpaired) electrons. The van der Waals surface area contributed by atoms with Gasteiger partial charge in [-0.1, -0.05) is 110 Å². The van der Waals surface area contributed by atoms with E-state index in [0.29, 0.717) is 5.92 Å². The van der Waals surface area contributed by atoms with Crippen LogP contribution in [0.4, 0.5) is 5.69 Å². The number of rotatable bonds is 5. The molecular weight excluding hydrogens is 569 g/mol. The van der Waals surface area contributed by atoms with Crippen LogP contribution < -0.4 is 4.90 Å². The van der Waals surface area contributed by atoms with Crippen LogP contribution in [0.1, 0.15) is 31.7 Å². The van der Waals surface area contributed by atoms with E-state index in [4.69, 9.17) is 0 Å². The Kier molecular flexibility index (Phi) is 6.50. The van der Waals surface area contributed by atoms with Crippen molar-refractivity contribution in [3.63, 3.8) is 0 Å². The summed E-state index contributed by atoms with van der Waals surface area (Å²) >= 11 is 0. The number of fused-ring (bicyclic) bond motifs is 5. The SMILES string of the molecule is C=C(C)n1c2ccccc2c2cc(C3=CC=C4C(C3)C3=C(CCC=C3)N4c3cc(-c4ccccc4)cc(-c4ccccc4)c3)ccc21. The molecule has 0 spiro atoms. The van der Waals surface area contributed by atoms with Gasteiger partial charge in [-0.15, -0.1) is 0 Å². The van der Waals surface area contributed by atoms with Crippen LogP contribution in [0.2, 0.25) is 0 Å². The van der Waals surface area contributed by atoms with Gasteiger partial charge in [0.05, 0.1) is 11.0 Å². The summed E-state index contributed by atoms with van der Waals surface area (Å²) in [4.78, 5) is 2.58. The van der Waals surface area contributed by atoms with Crippen LogP contribution in [0.25, 0.3) is 55.3 Å². The first-order valence-corrected chi connectivity index (χ1v) is 16.7. The molecule has 0 saturated carbocycles. The number of anilines is 1. The van der Waals surface area contributed by atoms with Gasteiger partial charge >= 0.3 is 0 Å². The normalized spacial score (nSPS) is 17.1. The van der Waals surface area contributed by atoms with E-state index in [1.165, 1.54) is 77.9 Å². The summed E-state index contributed by atoms with van der Waals surface area (Å²) in [6.07, 6.45) is 12.7. The second kappa shape index (κ2) is 11.0. The Hall–Kier alpha value is -5.60. The van der Waals surface area contributed by atoms with E-state index in [0.717, 1.165) is 25.0 Å².